The van der Waals surface area contributed by atoms with E-state index in [1.807, 2.05) is 48.5 Å². The van der Waals surface area contributed by atoms with E-state index in [1.54, 1.807) is 0 Å². The molecule has 1 aliphatic heterocycles. The molecule has 0 saturated heterocycles. The first-order valence-corrected chi connectivity index (χ1v) is 17.8. The first kappa shape index (κ1) is 30.9. The fourth-order valence-corrected chi connectivity index (χ4v) is 7.59. The van der Waals surface area contributed by atoms with Crippen molar-refractivity contribution < 1.29 is 9.47 Å². The van der Waals surface area contributed by atoms with Crippen LogP contribution in [0.25, 0.3) is 67.5 Å². The highest BCUT2D eigenvalue weighted by Crippen LogP contribution is 2.55. The molecular formula is C48H33N3O2. The molecular weight excluding hydrogens is 651 g/mol. The van der Waals surface area contributed by atoms with Gasteiger partial charge in [-0.05, 0) is 74.8 Å². The Morgan fingerprint density at radius 3 is 1.58 bits per heavy atom. The summed E-state index contributed by atoms with van der Waals surface area (Å²) >= 11 is 0. The van der Waals surface area contributed by atoms with Gasteiger partial charge in [0, 0.05) is 22.1 Å². The van der Waals surface area contributed by atoms with Gasteiger partial charge in [0.25, 0.3) is 0 Å². The molecule has 2 heterocycles. The minimum Gasteiger partial charge on any atom is -0.450 e. The van der Waals surface area contributed by atoms with Gasteiger partial charge in [0.1, 0.15) is 0 Å². The van der Waals surface area contributed by atoms with E-state index in [0.717, 1.165) is 50.4 Å². The second-order valence-electron chi connectivity index (χ2n) is 14.1. The van der Waals surface area contributed by atoms with Crippen LogP contribution in [0.2, 0.25) is 0 Å². The summed E-state index contributed by atoms with van der Waals surface area (Å²) in [5.74, 6) is 4.73. The van der Waals surface area contributed by atoms with E-state index >= 15 is 0 Å². The first-order valence-electron chi connectivity index (χ1n) is 17.8. The molecule has 1 aliphatic carbocycles. The molecule has 0 radical (unpaired) electrons. The summed E-state index contributed by atoms with van der Waals surface area (Å²) in [7, 11) is 0. The van der Waals surface area contributed by atoms with Crippen molar-refractivity contribution in [3.05, 3.63) is 175 Å². The average Bonchev–Trinajstić information content (AvgIpc) is 3.44. The van der Waals surface area contributed by atoms with E-state index in [9.17, 15) is 0 Å². The lowest BCUT2D eigenvalue weighted by Gasteiger charge is -2.25. The molecule has 0 spiro atoms. The molecule has 8 aromatic rings. The zero-order chi connectivity index (χ0) is 35.5. The molecule has 0 fully saturated rings. The molecule has 0 atom stereocenters. The molecule has 0 bridgehead atoms. The number of aromatic nitrogens is 3. The second-order valence-corrected chi connectivity index (χ2v) is 14.1. The van der Waals surface area contributed by atoms with E-state index in [4.69, 9.17) is 24.4 Å². The van der Waals surface area contributed by atoms with Crippen molar-refractivity contribution in [3.63, 3.8) is 0 Å². The largest absolute Gasteiger partial charge is 0.450 e. The molecule has 0 amide bonds. The van der Waals surface area contributed by atoms with E-state index < -0.39 is 0 Å². The Labute approximate surface area is 308 Å². The van der Waals surface area contributed by atoms with E-state index in [-0.39, 0.29) is 5.41 Å². The topological polar surface area (TPSA) is 57.1 Å². The molecule has 5 nitrogen and oxygen atoms in total. The first-order chi connectivity index (χ1) is 26.0. The summed E-state index contributed by atoms with van der Waals surface area (Å²) in [5, 5.41) is 0. The number of rotatable bonds is 5. The minimum atomic E-state index is -0.111. The molecule has 0 N–H and O–H groups in total. The number of hydrogen-bond donors (Lipinski definition) is 0. The van der Waals surface area contributed by atoms with E-state index in [1.165, 1.54) is 22.3 Å². The van der Waals surface area contributed by atoms with Crippen molar-refractivity contribution in [2.24, 2.45) is 0 Å². The average molecular weight is 684 g/mol. The molecule has 2 aliphatic rings. The van der Waals surface area contributed by atoms with Crippen LogP contribution >= 0.6 is 0 Å². The highest BCUT2D eigenvalue weighted by Gasteiger charge is 2.37. The van der Waals surface area contributed by atoms with Crippen LogP contribution in [0.15, 0.2) is 164 Å². The SMILES string of the molecule is CC1(C)c2ccccc2-c2cc3c(cc21)Oc1ccc(-c2ccc(-c4nc(-c5ccccc5)nc(-c5cccc(-c6ccccc6)c5)n4)cc2)cc1O3. The van der Waals surface area contributed by atoms with Crippen molar-refractivity contribution in [2.45, 2.75) is 19.3 Å². The molecule has 0 saturated carbocycles. The Balaban J connectivity index is 0.975. The van der Waals surface area contributed by atoms with E-state index in [2.05, 4.69) is 129 Å². The number of hydrogen-bond acceptors (Lipinski definition) is 5. The van der Waals surface area contributed by atoms with Gasteiger partial charge in [0.2, 0.25) is 0 Å². The van der Waals surface area contributed by atoms with Crippen LogP contribution in [-0.4, -0.2) is 15.0 Å². The number of ether oxygens (including phenoxy) is 2. The van der Waals surface area contributed by atoms with Crippen LogP contribution in [0.4, 0.5) is 0 Å². The second kappa shape index (κ2) is 12.1. The summed E-state index contributed by atoms with van der Waals surface area (Å²) in [6.07, 6.45) is 0. The molecule has 0 unspecified atom stereocenters. The van der Waals surface area contributed by atoms with Gasteiger partial charge in [-0.15, -0.1) is 0 Å². The van der Waals surface area contributed by atoms with Crippen molar-refractivity contribution in [2.75, 3.05) is 0 Å². The Kier molecular flexibility index (Phi) is 7.08. The van der Waals surface area contributed by atoms with Crippen molar-refractivity contribution in [3.8, 4) is 90.5 Å². The maximum atomic E-state index is 6.54. The van der Waals surface area contributed by atoms with Gasteiger partial charge < -0.3 is 9.47 Å². The lowest BCUT2D eigenvalue weighted by molar-refractivity contribution is 0.359. The summed E-state index contributed by atoms with van der Waals surface area (Å²) in [6.45, 7) is 4.54. The van der Waals surface area contributed by atoms with Gasteiger partial charge in [0.15, 0.2) is 40.5 Å². The predicted octanol–water partition coefficient (Wildman–Crippen LogP) is 12.4. The van der Waals surface area contributed by atoms with Gasteiger partial charge >= 0.3 is 0 Å². The highest BCUT2D eigenvalue weighted by molar-refractivity contribution is 5.84. The quantitative estimate of drug-likeness (QED) is 0.181. The zero-order valence-corrected chi connectivity index (χ0v) is 29.2. The lowest BCUT2D eigenvalue weighted by Crippen LogP contribution is -2.15. The van der Waals surface area contributed by atoms with Crippen molar-refractivity contribution in [1.29, 1.82) is 0 Å². The zero-order valence-electron chi connectivity index (χ0n) is 29.2. The van der Waals surface area contributed by atoms with Crippen LogP contribution in [0.5, 0.6) is 23.0 Å². The Hall–Kier alpha value is -6.85. The van der Waals surface area contributed by atoms with Crippen LogP contribution < -0.4 is 9.47 Å². The van der Waals surface area contributed by atoms with Crippen LogP contribution in [0.3, 0.4) is 0 Å². The molecule has 10 rings (SSSR count). The predicted molar refractivity (Wildman–Crippen MR) is 211 cm³/mol. The number of fused-ring (bicyclic) bond motifs is 5. The third kappa shape index (κ3) is 5.37. The van der Waals surface area contributed by atoms with Crippen molar-refractivity contribution in [1.82, 2.24) is 15.0 Å². The molecule has 1 aromatic heterocycles. The maximum absolute atomic E-state index is 6.54. The highest BCUT2D eigenvalue weighted by atomic mass is 16.6. The summed E-state index contributed by atoms with van der Waals surface area (Å²) in [4.78, 5) is 14.9. The standard InChI is InChI=1S/C48H33N3O2/c1-48(2)39-19-10-9-18-37(39)38-28-43-44(29-40(38)48)52-41-25-24-35(27-42(41)53-43)31-20-22-33(23-21-31)46-49-45(32-14-7-4-8-15-32)50-47(51-46)36-17-11-16-34(26-36)30-12-5-3-6-13-30/h3-29H,1-2H3. The van der Waals surface area contributed by atoms with Crippen LogP contribution in [0, 0.1) is 0 Å². The summed E-state index contributed by atoms with van der Waals surface area (Å²) < 4.78 is 13.0. The molecule has 53 heavy (non-hydrogen) atoms. The van der Waals surface area contributed by atoms with Crippen LogP contribution in [0.1, 0.15) is 25.0 Å². The third-order valence-electron chi connectivity index (χ3n) is 10.4. The van der Waals surface area contributed by atoms with Gasteiger partial charge in [-0.2, -0.15) is 0 Å². The smallest absolute Gasteiger partial charge is 0.170 e. The maximum Gasteiger partial charge on any atom is 0.170 e. The van der Waals surface area contributed by atoms with E-state index in [0.29, 0.717) is 29.0 Å². The molecule has 5 heteroatoms. The normalized spacial score (nSPS) is 13.2. The minimum absolute atomic E-state index is 0.111. The molecule has 252 valence electrons. The number of nitrogens with zero attached hydrogens (tertiary/aromatic N) is 3. The monoisotopic (exact) mass is 683 g/mol. The van der Waals surface area contributed by atoms with Gasteiger partial charge in [-0.1, -0.05) is 147 Å². The van der Waals surface area contributed by atoms with Gasteiger partial charge in [0.05, 0.1) is 0 Å². The Morgan fingerprint density at radius 2 is 0.830 bits per heavy atom. The fraction of sp³-hybridized carbons (Fsp3) is 0.0625. The Morgan fingerprint density at radius 1 is 0.340 bits per heavy atom. The van der Waals surface area contributed by atoms with Gasteiger partial charge in [-0.3, -0.25) is 0 Å². The third-order valence-corrected chi connectivity index (χ3v) is 10.4. The lowest BCUT2D eigenvalue weighted by atomic mass is 9.82. The number of benzene rings is 7. The van der Waals surface area contributed by atoms with Crippen LogP contribution in [-0.2, 0) is 5.41 Å². The Bertz CT molecular complexity index is 2690. The van der Waals surface area contributed by atoms with Crippen molar-refractivity contribution >= 4 is 0 Å². The summed E-state index contributed by atoms with van der Waals surface area (Å²) in [6, 6.07) is 56.1. The van der Waals surface area contributed by atoms with Gasteiger partial charge in [-0.25, -0.2) is 15.0 Å². The summed E-state index contributed by atoms with van der Waals surface area (Å²) in [5.41, 5.74) is 12.0. The molecule has 7 aromatic carbocycles. The fourth-order valence-electron chi connectivity index (χ4n) is 7.59.